The van der Waals surface area contributed by atoms with Crippen molar-refractivity contribution < 1.29 is 4.21 Å². The molecule has 17 heavy (non-hydrogen) atoms. The van der Waals surface area contributed by atoms with Crippen LogP contribution in [-0.4, -0.2) is 41.8 Å². The lowest BCUT2D eigenvalue weighted by atomic mass is 10.4. The van der Waals surface area contributed by atoms with Gasteiger partial charge in [0.15, 0.2) is 5.65 Å². The molecule has 0 amide bonds. The molecule has 2 aromatic heterocycles. The van der Waals surface area contributed by atoms with Crippen molar-refractivity contribution in [1.82, 2.24) is 19.6 Å². The van der Waals surface area contributed by atoms with Crippen molar-refractivity contribution in [3.8, 4) is 0 Å². The van der Waals surface area contributed by atoms with E-state index in [0.29, 0.717) is 18.0 Å². The topological polar surface area (TPSA) is 92.2 Å². The van der Waals surface area contributed by atoms with E-state index in [9.17, 15) is 9.00 Å². The predicted octanol–water partition coefficient (Wildman–Crippen LogP) is -0.404. The average Bonchev–Trinajstić information content (AvgIpc) is 2.67. The number of aromatic nitrogens is 4. The molecule has 0 aliphatic rings. The van der Waals surface area contributed by atoms with E-state index in [4.69, 9.17) is 0 Å². The Balaban J connectivity index is 2.14. The molecule has 0 saturated heterocycles. The number of aromatic amines is 1. The van der Waals surface area contributed by atoms with E-state index < -0.39 is 10.8 Å². The molecule has 0 aromatic carbocycles. The van der Waals surface area contributed by atoms with Gasteiger partial charge in [0.2, 0.25) is 0 Å². The smallest absolute Gasteiger partial charge is 0.348 e. The lowest BCUT2D eigenvalue weighted by molar-refractivity contribution is 0.679. The Morgan fingerprint density at radius 2 is 2.41 bits per heavy atom. The van der Waals surface area contributed by atoms with Gasteiger partial charge in [-0.25, -0.2) is 19.3 Å². The van der Waals surface area contributed by atoms with Crippen LogP contribution in [0.25, 0.3) is 5.65 Å². The van der Waals surface area contributed by atoms with Gasteiger partial charge in [0.05, 0.1) is 0 Å². The highest BCUT2D eigenvalue weighted by atomic mass is 32.2. The Morgan fingerprint density at radius 3 is 3.12 bits per heavy atom. The molecular formula is C9H13N5O2S. The van der Waals surface area contributed by atoms with E-state index in [1.807, 2.05) is 6.92 Å². The summed E-state index contributed by atoms with van der Waals surface area (Å²) in [6.45, 7) is 2.45. The van der Waals surface area contributed by atoms with E-state index in [-0.39, 0.29) is 10.9 Å². The molecule has 0 aliphatic carbocycles. The van der Waals surface area contributed by atoms with Crippen LogP contribution in [0, 0.1) is 0 Å². The molecule has 7 nitrogen and oxygen atoms in total. The van der Waals surface area contributed by atoms with Crippen LogP contribution in [0.5, 0.6) is 0 Å². The number of rotatable bonds is 4. The van der Waals surface area contributed by atoms with Gasteiger partial charge in [-0.1, -0.05) is 0 Å². The summed E-state index contributed by atoms with van der Waals surface area (Å²) in [5.74, 6) is 0.605. The molecule has 2 rings (SSSR count). The second-order valence-electron chi connectivity index (χ2n) is 3.72. The van der Waals surface area contributed by atoms with Gasteiger partial charge in [-0.05, 0) is 6.92 Å². The second-order valence-corrected chi connectivity index (χ2v) is 5.52. The largest absolute Gasteiger partial charge is 0.369 e. The Morgan fingerprint density at radius 1 is 1.65 bits per heavy atom. The fraction of sp³-hybridized carbons (Fsp3) is 0.444. The molecule has 2 heterocycles. The molecule has 2 atom stereocenters. The van der Waals surface area contributed by atoms with Crippen LogP contribution in [0.1, 0.15) is 6.92 Å². The average molecular weight is 255 g/mol. The first-order valence-electron chi connectivity index (χ1n) is 5.07. The van der Waals surface area contributed by atoms with Gasteiger partial charge < -0.3 is 5.32 Å². The lowest BCUT2D eigenvalue weighted by Crippen LogP contribution is -2.21. The quantitative estimate of drug-likeness (QED) is 0.775. The third kappa shape index (κ3) is 2.52. The minimum Gasteiger partial charge on any atom is -0.369 e. The van der Waals surface area contributed by atoms with Crippen LogP contribution in [0.4, 0.5) is 5.82 Å². The Bertz CT molecular complexity index is 605. The number of anilines is 1. The third-order valence-electron chi connectivity index (χ3n) is 2.45. The van der Waals surface area contributed by atoms with Crippen LogP contribution < -0.4 is 11.0 Å². The van der Waals surface area contributed by atoms with Crippen LogP contribution in [0.2, 0.25) is 0 Å². The maximum Gasteiger partial charge on any atom is 0.348 e. The highest BCUT2D eigenvalue weighted by molar-refractivity contribution is 7.84. The minimum absolute atomic E-state index is 0.0365. The molecule has 0 aliphatic heterocycles. The fourth-order valence-corrected chi connectivity index (χ4v) is 1.59. The van der Waals surface area contributed by atoms with Gasteiger partial charge in [0.1, 0.15) is 12.1 Å². The normalized spacial score (nSPS) is 14.7. The van der Waals surface area contributed by atoms with E-state index >= 15 is 0 Å². The van der Waals surface area contributed by atoms with Crippen molar-refractivity contribution in [2.45, 2.75) is 12.2 Å². The molecule has 2 aromatic rings. The molecule has 2 N–H and O–H groups in total. The molecule has 0 radical (unpaired) electrons. The van der Waals surface area contributed by atoms with Gasteiger partial charge in [-0.15, -0.1) is 0 Å². The van der Waals surface area contributed by atoms with E-state index in [2.05, 4.69) is 20.5 Å². The van der Waals surface area contributed by atoms with E-state index in [0.717, 1.165) is 0 Å². The Labute approximate surface area is 99.7 Å². The first kappa shape index (κ1) is 11.8. The lowest BCUT2D eigenvalue weighted by Gasteiger charge is -2.09. The fourth-order valence-electron chi connectivity index (χ4n) is 1.27. The van der Waals surface area contributed by atoms with Crippen molar-refractivity contribution in [1.29, 1.82) is 0 Å². The number of nitrogens with zero attached hydrogens (tertiary/aromatic N) is 3. The molecule has 0 saturated carbocycles. The van der Waals surface area contributed by atoms with Crippen LogP contribution in [-0.2, 0) is 10.8 Å². The van der Waals surface area contributed by atoms with E-state index in [1.54, 1.807) is 12.3 Å². The second kappa shape index (κ2) is 4.66. The Hall–Kier alpha value is -1.70. The number of fused-ring (bicyclic) bond motifs is 1. The zero-order chi connectivity index (χ0) is 12.4. The highest BCUT2D eigenvalue weighted by Crippen LogP contribution is 2.05. The highest BCUT2D eigenvalue weighted by Gasteiger charge is 2.07. The summed E-state index contributed by atoms with van der Waals surface area (Å²) in [7, 11) is -0.874. The van der Waals surface area contributed by atoms with Crippen molar-refractivity contribution in [3.63, 3.8) is 0 Å². The standard InChI is InChI=1S/C9H13N5O2S/c1-6(17(2)16)4-10-7-3-8-12-13-9(15)14(8)5-11-7/h3,5-6,10H,4H2,1-2H3,(H,13,15). The van der Waals surface area contributed by atoms with Crippen molar-refractivity contribution in [2.75, 3.05) is 18.1 Å². The number of nitrogens with one attached hydrogen (secondary N) is 2. The molecular weight excluding hydrogens is 242 g/mol. The van der Waals surface area contributed by atoms with Crippen molar-refractivity contribution in [2.24, 2.45) is 0 Å². The summed E-state index contributed by atoms with van der Waals surface area (Å²) >= 11 is 0. The number of hydrogen-bond acceptors (Lipinski definition) is 5. The SMILES string of the molecule is CC(CNc1cc2n[nH]c(=O)n2cn1)S(C)=O. The predicted molar refractivity (Wildman–Crippen MR) is 65.6 cm³/mol. The summed E-state index contributed by atoms with van der Waals surface area (Å²) < 4.78 is 12.5. The van der Waals surface area contributed by atoms with Gasteiger partial charge >= 0.3 is 5.69 Å². The number of H-pyrrole nitrogens is 1. The minimum atomic E-state index is -0.874. The first-order valence-corrected chi connectivity index (χ1v) is 6.69. The van der Waals surface area contributed by atoms with Gasteiger partial charge in [-0.2, -0.15) is 5.10 Å². The summed E-state index contributed by atoms with van der Waals surface area (Å²) in [6, 6.07) is 1.66. The summed E-state index contributed by atoms with van der Waals surface area (Å²) in [4.78, 5) is 15.3. The maximum atomic E-state index is 11.2. The monoisotopic (exact) mass is 255 g/mol. The van der Waals surface area contributed by atoms with Crippen LogP contribution in [0.15, 0.2) is 17.2 Å². The molecule has 0 spiro atoms. The summed E-state index contributed by atoms with van der Waals surface area (Å²) in [5.41, 5.74) is 0.180. The maximum absolute atomic E-state index is 11.2. The van der Waals surface area contributed by atoms with Crippen molar-refractivity contribution >= 4 is 22.3 Å². The van der Waals surface area contributed by atoms with Gasteiger partial charge in [-0.3, -0.25) is 4.21 Å². The summed E-state index contributed by atoms with van der Waals surface area (Å²) in [5, 5.41) is 9.24. The molecule has 0 bridgehead atoms. The third-order valence-corrected chi connectivity index (χ3v) is 3.75. The number of hydrogen-bond donors (Lipinski definition) is 2. The van der Waals surface area contributed by atoms with Gasteiger partial charge in [0, 0.05) is 34.9 Å². The van der Waals surface area contributed by atoms with E-state index in [1.165, 1.54) is 10.7 Å². The molecule has 0 fully saturated rings. The summed E-state index contributed by atoms with van der Waals surface area (Å²) in [6.07, 6.45) is 3.06. The zero-order valence-electron chi connectivity index (χ0n) is 9.51. The van der Waals surface area contributed by atoms with Crippen LogP contribution >= 0.6 is 0 Å². The Kier molecular flexibility index (Phi) is 3.23. The van der Waals surface area contributed by atoms with Crippen LogP contribution in [0.3, 0.4) is 0 Å². The molecule has 8 heteroatoms. The first-order chi connectivity index (χ1) is 8.08. The van der Waals surface area contributed by atoms with Gasteiger partial charge in [0.25, 0.3) is 0 Å². The zero-order valence-corrected chi connectivity index (χ0v) is 10.3. The molecule has 2 unspecified atom stereocenters. The van der Waals surface area contributed by atoms with Crippen molar-refractivity contribution in [3.05, 3.63) is 22.9 Å². The molecule has 92 valence electrons.